The zero-order valence-electron chi connectivity index (χ0n) is 10.7. The molecule has 0 fully saturated rings. The van der Waals surface area contributed by atoms with Gasteiger partial charge in [-0.05, 0) is 36.4 Å². The van der Waals surface area contributed by atoms with E-state index >= 15 is 0 Å². The Morgan fingerprint density at radius 1 is 1.30 bits per heavy atom. The van der Waals surface area contributed by atoms with Crippen LogP contribution in [0.15, 0.2) is 46.9 Å². The van der Waals surface area contributed by atoms with Gasteiger partial charge in [-0.2, -0.15) is 5.26 Å². The van der Waals surface area contributed by atoms with E-state index in [0.717, 1.165) is 4.47 Å². The molecule has 0 atom stereocenters. The second kappa shape index (κ2) is 6.22. The van der Waals surface area contributed by atoms with Gasteiger partial charge in [-0.3, -0.25) is 4.79 Å². The minimum Gasteiger partial charge on any atom is -0.497 e. The van der Waals surface area contributed by atoms with Gasteiger partial charge in [-0.25, -0.2) is 0 Å². The van der Waals surface area contributed by atoms with Crippen LogP contribution in [0.25, 0.3) is 0 Å². The average Bonchev–Trinajstić information content (AvgIpc) is 2.47. The summed E-state index contributed by atoms with van der Waals surface area (Å²) in [5.74, 6) is 0.311. The fourth-order valence-electron chi connectivity index (χ4n) is 1.68. The van der Waals surface area contributed by atoms with Crippen LogP contribution in [0.3, 0.4) is 0 Å². The number of benzene rings is 2. The molecule has 4 nitrogen and oxygen atoms in total. The summed E-state index contributed by atoms with van der Waals surface area (Å²) in [6.07, 6.45) is 0. The molecule has 100 valence electrons. The highest BCUT2D eigenvalue weighted by molar-refractivity contribution is 9.10. The van der Waals surface area contributed by atoms with Gasteiger partial charge in [0.15, 0.2) is 0 Å². The molecule has 0 radical (unpaired) electrons. The van der Waals surface area contributed by atoms with Gasteiger partial charge in [0.25, 0.3) is 5.91 Å². The Labute approximate surface area is 125 Å². The molecule has 0 aromatic heterocycles. The maximum absolute atomic E-state index is 12.2. The third kappa shape index (κ3) is 3.16. The molecule has 5 heteroatoms. The quantitative estimate of drug-likeness (QED) is 0.935. The summed E-state index contributed by atoms with van der Waals surface area (Å²) in [6, 6.07) is 13.9. The monoisotopic (exact) mass is 330 g/mol. The topological polar surface area (TPSA) is 62.1 Å². The van der Waals surface area contributed by atoms with Crippen LogP contribution in [0.5, 0.6) is 5.75 Å². The van der Waals surface area contributed by atoms with E-state index < -0.39 is 0 Å². The van der Waals surface area contributed by atoms with Gasteiger partial charge in [0.1, 0.15) is 11.8 Å². The van der Waals surface area contributed by atoms with Crippen molar-refractivity contribution in [2.45, 2.75) is 0 Å². The number of anilines is 1. The Morgan fingerprint density at radius 3 is 2.80 bits per heavy atom. The maximum atomic E-state index is 12.2. The molecular formula is C15H11BrN2O2. The molecule has 0 saturated heterocycles. The summed E-state index contributed by atoms with van der Waals surface area (Å²) < 4.78 is 5.87. The zero-order chi connectivity index (χ0) is 14.5. The summed E-state index contributed by atoms with van der Waals surface area (Å²) >= 11 is 3.31. The number of hydrogen-bond acceptors (Lipinski definition) is 3. The normalized spacial score (nSPS) is 9.65. The highest BCUT2D eigenvalue weighted by Gasteiger charge is 2.10. The van der Waals surface area contributed by atoms with E-state index in [-0.39, 0.29) is 5.91 Å². The van der Waals surface area contributed by atoms with Crippen LogP contribution in [0.2, 0.25) is 0 Å². The van der Waals surface area contributed by atoms with Crippen molar-refractivity contribution >= 4 is 27.5 Å². The van der Waals surface area contributed by atoms with Crippen molar-refractivity contribution < 1.29 is 9.53 Å². The summed E-state index contributed by atoms with van der Waals surface area (Å²) in [6.45, 7) is 0. The van der Waals surface area contributed by atoms with Crippen LogP contribution in [-0.4, -0.2) is 13.0 Å². The third-order valence-electron chi connectivity index (χ3n) is 2.68. The Hall–Kier alpha value is -2.32. The number of nitrogens with zero attached hydrogens (tertiary/aromatic N) is 1. The van der Waals surface area contributed by atoms with Crippen LogP contribution in [0.4, 0.5) is 5.69 Å². The first-order chi connectivity index (χ1) is 9.63. The molecule has 0 aliphatic heterocycles. The van der Waals surface area contributed by atoms with E-state index in [0.29, 0.717) is 22.6 Å². The fourth-order valence-corrected chi connectivity index (χ4v) is 2.04. The summed E-state index contributed by atoms with van der Waals surface area (Å²) in [5.41, 5.74) is 1.34. The number of nitrogens with one attached hydrogen (secondary N) is 1. The first kappa shape index (κ1) is 14.1. The van der Waals surface area contributed by atoms with E-state index in [1.165, 1.54) is 0 Å². The Balaban J connectivity index is 2.28. The van der Waals surface area contributed by atoms with Gasteiger partial charge < -0.3 is 10.1 Å². The third-order valence-corrected chi connectivity index (χ3v) is 3.18. The van der Waals surface area contributed by atoms with E-state index in [1.54, 1.807) is 49.6 Å². The van der Waals surface area contributed by atoms with Crippen LogP contribution >= 0.6 is 15.9 Å². The Bertz CT molecular complexity index is 693. The SMILES string of the molecule is COc1cccc(C(=O)Nc2cc(Br)ccc2C#N)c1. The highest BCUT2D eigenvalue weighted by atomic mass is 79.9. The van der Waals surface area contributed by atoms with Crippen molar-refractivity contribution in [3.8, 4) is 11.8 Å². The molecule has 1 N–H and O–H groups in total. The minimum atomic E-state index is -0.293. The first-order valence-electron chi connectivity index (χ1n) is 5.79. The smallest absolute Gasteiger partial charge is 0.255 e. The molecule has 2 aromatic rings. The fraction of sp³-hybridized carbons (Fsp3) is 0.0667. The largest absolute Gasteiger partial charge is 0.497 e. The molecule has 0 bridgehead atoms. The summed E-state index contributed by atoms with van der Waals surface area (Å²) in [7, 11) is 1.54. The number of methoxy groups -OCH3 is 1. The minimum absolute atomic E-state index is 0.293. The molecule has 0 aliphatic carbocycles. The number of halogens is 1. The van der Waals surface area contributed by atoms with Gasteiger partial charge in [0, 0.05) is 10.0 Å². The van der Waals surface area contributed by atoms with Crippen molar-refractivity contribution in [3.63, 3.8) is 0 Å². The van der Waals surface area contributed by atoms with E-state index in [4.69, 9.17) is 10.00 Å². The molecule has 0 unspecified atom stereocenters. The molecular weight excluding hydrogens is 320 g/mol. The van der Waals surface area contributed by atoms with Crippen LogP contribution < -0.4 is 10.1 Å². The lowest BCUT2D eigenvalue weighted by Crippen LogP contribution is -2.13. The predicted molar refractivity (Wildman–Crippen MR) is 79.8 cm³/mol. The highest BCUT2D eigenvalue weighted by Crippen LogP contribution is 2.22. The summed E-state index contributed by atoms with van der Waals surface area (Å²) in [5, 5.41) is 11.8. The van der Waals surface area contributed by atoms with Gasteiger partial charge >= 0.3 is 0 Å². The molecule has 0 saturated carbocycles. The zero-order valence-corrected chi connectivity index (χ0v) is 12.3. The lowest BCUT2D eigenvalue weighted by Gasteiger charge is -2.08. The second-order valence-corrected chi connectivity index (χ2v) is 4.90. The molecule has 1 amide bonds. The van der Waals surface area contributed by atoms with Crippen molar-refractivity contribution in [1.29, 1.82) is 5.26 Å². The van der Waals surface area contributed by atoms with Crippen LogP contribution in [0, 0.1) is 11.3 Å². The number of hydrogen-bond donors (Lipinski definition) is 1. The second-order valence-electron chi connectivity index (χ2n) is 3.99. The molecule has 0 heterocycles. The molecule has 0 spiro atoms. The number of carbonyl (C=O) groups excluding carboxylic acids is 1. The first-order valence-corrected chi connectivity index (χ1v) is 6.58. The van der Waals surface area contributed by atoms with E-state index in [1.807, 2.05) is 6.07 Å². The summed E-state index contributed by atoms with van der Waals surface area (Å²) in [4.78, 5) is 12.2. The van der Waals surface area contributed by atoms with Gasteiger partial charge in [-0.1, -0.05) is 22.0 Å². The van der Waals surface area contributed by atoms with Crippen molar-refractivity contribution in [3.05, 3.63) is 58.1 Å². The number of carbonyl (C=O) groups is 1. The molecule has 2 rings (SSSR count). The molecule has 0 aliphatic rings. The van der Waals surface area contributed by atoms with Crippen molar-refractivity contribution in [1.82, 2.24) is 0 Å². The maximum Gasteiger partial charge on any atom is 0.255 e. The molecule has 2 aromatic carbocycles. The number of rotatable bonds is 3. The van der Waals surface area contributed by atoms with Crippen molar-refractivity contribution in [2.75, 3.05) is 12.4 Å². The van der Waals surface area contributed by atoms with Gasteiger partial charge in [0.2, 0.25) is 0 Å². The van der Waals surface area contributed by atoms with E-state index in [9.17, 15) is 4.79 Å². The van der Waals surface area contributed by atoms with Crippen molar-refractivity contribution in [2.24, 2.45) is 0 Å². The standard InChI is InChI=1S/C15H11BrN2O2/c1-20-13-4-2-3-10(7-13)15(19)18-14-8-12(16)6-5-11(14)9-17/h2-8H,1H3,(H,18,19). The Morgan fingerprint density at radius 2 is 2.10 bits per heavy atom. The average molecular weight is 331 g/mol. The predicted octanol–water partition coefficient (Wildman–Crippen LogP) is 3.58. The van der Waals surface area contributed by atoms with Gasteiger partial charge in [0.05, 0.1) is 18.4 Å². The Kier molecular flexibility index (Phi) is 4.38. The molecule has 20 heavy (non-hydrogen) atoms. The lowest BCUT2D eigenvalue weighted by molar-refractivity contribution is 0.102. The van der Waals surface area contributed by atoms with Crippen LogP contribution in [-0.2, 0) is 0 Å². The van der Waals surface area contributed by atoms with Crippen LogP contribution in [0.1, 0.15) is 15.9 Å². The number of amides is 1. The number of ether oxygens (including phenoxy) is 1. The van der Waals surface area contributed by atoms with Gasteiger partial charge in [-0.15, -0.1) is 0 Å². The van der Waals surface area contributed by atoms with E-state index in [2.05, 4.69) is 21.2 Å². The number of nitriles is 1. The lowest BCUT2D eigenvalue weighted by atomic mass is 10.1.